The number of H-pyrrole nitrogens is 1. The number of hydrogen-bond donors (Lipinski definition) is 2. The van der Waals surface area contributed by atoms with Gasteiger partial charge >= 0.3 is 0 Å². The first-order valence-electron chi connectivity index (χ1n) is 10.4. The van der Waals surface area contributed by atoms with E-state index in [-0.39, 0.29) is 0 Å². The van der Waals surface area contributed by atoms with E-state index in [4.69, 9.17) is 9.97 Å². The molecule has 0 saturated carbocycles. The van der Waals surface area contributed by atoms with E-state index in [1.807, 2.05) is 18.2 Å². The van der Waals surface area contributed by atoms with E-state index in [0.29, 0.717) is 6.42 Å². The van der Waals surface area contributed by atoms with Crippen LogP contribution in [-0.4, -0.2) is 56.0 Å². The molecule has 30 heavy (non-hydrogen) atoms. The largest absolute Gasteiger partial charge is 0.342 e. The molecular formula is C23H25N7. The van der Waals surface area contributed by atoms with Gasteiger partial charge in [0.15, 0.2) is 0 Å². The van der Waals surface area contributed by atoms with Gasteiger partial charge in [-0.05, 0) is 42.8 Å². The predicted molar refractivity (Wildman–Crippen MR) is 117 cm³/mol. The Morgan fingerprint density at radius 2 is 1.93 bits per heavy atom. The van der Waals surface area contributed by atoms with Crippen molar-refractivity contribution >= 4 is 11.0 Å². The van der Waals surface area contributed by atoms with Crippen LogP contribution in [0.3, 0.4) is 0 Å². The number of benzene rings is 1. The third-order valence-corrected chi connectivity index (χ3v) is 5.44. The van der Waals surface area contributed by atoms with E-state index in [9.17, 15) is 0 Å². The maximum absolute atomic E-state index is 4.77. The molecular weight excluding hydrogens is 374 g/mol. The molecule has 1 aromatic carbocycles. The molecule has 1 aliphatic rings. The van der Waals surface area contributed by atoms with Crippen LogP contribution in [0.25, 0.3) is 22.3 Å². The fourth-order valence-corrected chi connectivity index (χ4v) is 4.06. The molecule has 0 spiro atoms. The summed E-state index contributed by atoms with van der Waals surface area (Å²) in [5.41, 5.74) is 7.34. The van der Waals surface area contributed by atoms with Crippen LogP contribution >= 0.6 is 0 Å². The van der Waals surface area contributed by atoms with Gasteiger partial charge in [0.2, 0.25) is 0 Å². The predicted octanol–water partition coefficient (Wildman–Crippen LogP) is 2.72. The van der Waals surface area contributed by atoms with Gasteiger partial charge in [-0.15, -0.1) is 0 Å². The molecule has 0 atom stereocenters. The maximum Gasteiger partial charge on any atom is 0.116 e. The van der Waals surface area contributed by atoms with Gasteiger partial charge in [-0.2, -0.15) is 0 Å². The van der Waals surface area contributed by atoms with Gasteiger partial charge in [-0.1, -0.05) is 6.07 Å². The molecule has 3 aromatic heterocycles. The van der Waals surface area contributed by atoms with E-state index in [1.54, 1.807) is 12.5 Å². The number of rotatable bonds is 5. The molecule has 0 bridgehead atoms. The zero-order valence-electron chi connectivity index (χ0n) is 17.1. The minimum Gasteiger partial charge on any atom is -0.342 e. The number of imidazole rings is 1. The van der Waals surface area contributed by atoms with Crippen LogP contribution in [0.5, 0.6) is 0 Å². The summed E-state index contributed by atoms with van der Waals surface area (Å²) in [5.74, 6) is 0.927. The van der Waals surface area contributed by atoms with Crippen LogP contribution in [0.15, 0.2) is 48.9 Å². The third kappa shape index (κ3) is 4.22. The second-order valence-electron chi connectivity index (χ2n) is 7.82. The monoisotopic (exact) mass is 399 g/mol. The molecule has 4 heterocycles. The van der Waals surface area contributed by atoms with Crippen LogP contribution in [0.4, 0.5) is 0 Å². The molecule has 7 nitrogen and oxygen atoms in total. The average molecular weight is 400 g/mol. The molecule has 0 unspecified atom stereocenters. The maximum atomic E-state index is 4.77. The third-order valence-electron chi connectivity index (χ3n) is 5.44. The van der Waals surface area contributed by atoms with Crippen molar-refractivity contribution < 1.29 is 0 Å². The zero-order chi connectivity index (χ0) is 20.3. The summed E-state index contributed by atoms with van der Waals surface area (Å²) in [6, 6.07) is 12.5. The number of fused-ring (bicyclic) bond motifs is 1. The first-order chi connectivity index (χ1) is 14.7. The van der Waals surface area contributed by atoms with Gasteiger partial charge in [-0.3, -0.25) is 9.88 Å². The molecule has 1 aliphatic heterocycles. The highest BCUT2D eigenvalue weighted by Gasteiger charge is 2.12. The van der Waals surface area contributed by atoms with E-state index < -0.39 is 0 Å². The minimum atomic E-state index is 0.688. The number of piperazine rings is 1. The van der Waals surface area contributed by atoms with Gasteiger partial charge in [0.05, 0.1) is 16.7 Å². The Bertz CT molecular complexity index is 1150. The number of hydrogen-bond acceptors (Lipinski definition) is 6. The summed E-state index contributed by atoms with van der Waals surface area (Å²) in [6.07, 6.45) is 4.01. The zero-order valence-corrected chi connectivity index (χ0v) is 17.1. The van der Waals surface area contributed by atoms with E-state index in [1.165, 1.54) is 5.56 Å². The number of aryl methyl sites for hydroxylation is 1. The summed E-state index contributed by atoms with van der Waals surface area (Å²) in [4.78, 5) is 23.8. The van der Waals surface area contributed by atoms with Crippen molar-refractivity contribution in [3.63, 3.8) is 0 Å². The molecule has 1 saturated heterocycles. The fourth-order valence-electron chi connectivity index (χ4n) is 4.06. The van der Waals surface area contributed by atoms with Crippen LogP contribution in [0, 0.1) is 6.92 Å². The Hall–Kier alpha value is -3.16. The first-order valence-corrected chi connectivity index (χ1v) is 10.4. The van der Waals surface area contributed by atoms with Crippen molar-refractivity contribution in [2.75, 3.05) is 26.2 Å². The first kappa shape index (κ1) is 18.8. The van der Waals surface area contributed by atoms with Crippen molar-refractivity contribution in [3.8, 4) is 11.3 Å². The fraction of sp³-hybridized carbons (Fsp3) is 0.304. The van der Waals surface area contributed by atoms with Gasteiger partial charge in [0.1, 0.15) is 12.2 Å². The molecule has 152 valence electrons. The lowest BCUT2D eigenvalue weighted by atomic mass is 10.1. The summed E-state index contributed by atoms with van der Waals surface area (Å²) >= 11 is 0. The molecule has 0 radical (unpaired) electrons. The number of aromatic amines is 1. The number of pyridine rings is 1. The van der Waals surface area contributed by atoms with Crippen LogP contribution in [-0.2, 0) is 13.0 Å². The lowest BCUT2D eigenvalue weighted by Gasteiger charge is -2.27. The molecule has 5 rings (SSSR count). The van der Waals surface area contributed by atoms with Gasteiger partial charge in [0.25, 0.3) is 0 Å². The standard InChI is InChI=1S/C23H25N7/c1-16-10-17(14-30-8-6-24-7-9-30)11-19(27-16)13-23-28-21-3-2-18(12-22(21)29-23)20-4-5-25-15-26-20/h2-5,10-12,15,24H,6-9,13-14H2,1H3,(H,28,29). The van der Waals surface area contributed by atoms with Crippen molar-refractivity contribution in [1.82, 2.24) is 35.1 Å². The van der Waals surface area contributed by atoms with Crippen LogP contribution in [0.2, 0.25) is 0 Å². The van der Waals surface area contributed by atoms with Crippen molar-refractivity contribution in [2.45, 2.75) is 19.9 Å². The highest BCUT2D eigenvalue weighted by molar-refractivity contribution is 5.81. The summed E-state index contributed by atoms with van der Waals surface area (Å²) in [7, 11) is 0. The van der Waals surface area contributed by atoms with Crippen molar-refractivity contribution in [1.29, 1.82) is 0 Å². The highest BCUT2D eigenvalue weighted by atomic mass is 15.2. The topological polar surface area (TPSA) is 82.6 Å². The average Bonchev–Trinajstić information content (AvgIpc) is 3.16. The SMILES string of the molecule is Cc1cc(CN2CCNCC2)cc(Cc2nc3ccc(-c4ccncn4)cc3[nH]2)n1. The van der Waals surface area contributed by atoms with Gasteiger partial charge < -0.3 is 10.3 Å². The van der Waals surface area contributed by atoms with Crippen molar-refractivity contribution in [2.24, 2.45) is 0 Å². The lowest BCUT2D eigenvalue weighted by molar-refractivity contribution is 0.233. The molecule has 1 fully saturated rings. The number of nitrogens with one attached hydrogen (secondary N) is 2. The lowest BCUT2D eigenvalue weighted by Crippen LogP contribution is -2.42. The molecule has 4 aromatic rings. The minimum absolute atomic E-state index is 0.688. The summed E-state index contributed by atoms with van der Waals surface area (Å²) < 4.78 is 0. The molecule has 7 heteroatoms. The Labute approximate surface area is 175 Å². The summed E-state index contributed by atoms with van der Waals surface area (Å²) in [6.45, 7) is 7.35. The quantitative estimate of drug-likeness (QED) is 0.537. The second-order valence-corrected chi connectivity index (χ2v) is 7.82. The van der Waals surface area contributed by atoms with E-state index in [0.717, 1.165) is 72.2 Å². The second kappa shape index (κ2) is 8.30. The highest BCUT2D eigenvalue weighted by Crippen LogP contribution is 2.22. The Morgan fingerprint density at radius 3 is 2.77 bits per heavy atom. The van der Waals surface area contributed by atoms with Gasteiger partial charge in [0, 0.05) is 62.3 Å². The summed E-state index contributed by atoms with van der Waals surface area (Å²) in [5, 5.41) is 3.41. The number of aromatic nitrogens is 5. The Balaban J connectivity index is 1.37. The van der Waals surface area contributed by atoms with E-state index >= 15 is 0 Å². The molecule has 2 N–H and O–H groups in total. The smallest absolute Gasteiger partial charge is 0.116 e. The van der Waals surface area contributed by atoms with Crippen LogP contribution < -0.4 is 5.32 Å². The Morgan fingerprint density at radius 1 is 1.03 bits per heavy atom. The van der Waals surface area contributed by atoms with Crippen molar-refractivity contribution in [3.05, 3.63) is 71.7 Å². The Kier molecular flexibility index (Phi) is 5.21. The molecule has 0 amide bonds. The normalized spacial score (nSPS) is 15.0. The van der Waals surface area contributed by atoms with E-state index in [2.05, 4.69) is 50.3 Å². The van der Waals surface area contributed by atoms with Gasteiger partial charge in [-0.25, -0.2) is 15.0 Å². The number of nitrogens with zero attached hydrogens (tertiary/aromatic N) is 5. The molecule has 0 aliphatic carbocycles. The van der Waals surface area contributed by atoms with Crippen LogP contribution in [0.1, 0.15) is 22.8 Å².